The number of benzene rings is 1. The molecule has 24 heavy (non-hydrogen) atoms. The summed E-state index contributed by atoms with van der Waals surface area (Å²) in [4.78, 5) is 17.3. The van der Waals surface area contributed by atoms with Gasteiger partial charge in [0.25, 0.3) is 0 Å². The molecule has 0 radical (unpaired) electrons. The predicted octanol–water partition coefficient (Wildman–Crippen LogP) is 5.07. The van der Waals surface area contributed by atoms with Gasteiger partial charge < -0.3 is 5.32 Å². The summed E-state index contributed by atoms with van der Waals surface area (Å²) in [6.07, 6.45) is -4.56. The Kier molecular flexibility index (Phi) is 4.68. The van der Waals surface area contributed by atoms with Crippen molar-refractivity contribution in [2.45, 2.75) is 12.6 Å². The van der Waals surface area contributed by atoms with Gasteiger partial charge in [-0.2, -0.15) is 13.2 Å². The number of hydrogen-bond donors (Lipinski definition) is 1. The van der Waals surface area contributed by atoms with Gasteiger partial charge in [-0.05, 0) is 23.1 Å². The molecule has 3 rings (SSSR count). The number of rotatable bonds is 4. The molecule has 0 aliphatic rings. The normalized spacial score (nSPS) is 11.5. The Labute approximate surface area is 143 Å². The number of nitrogens with one attached hydrogen (secondary N) is 1. The molecule has 0 bridgehead atoms. The van der Waals surface area contributed by atoms with E-state index < -0.39 is 17.6 Å². The minimum absolute atomic E-state index is 0.141. The summed E-state index contributed by atoms with van der Waals surface area (Å²) in [5.41, 5.74) is 0.309. The molecule has 1 amide bonds. The molecule has 2 heterocycles. The van der Waals surface area contributed by atoms with Gasteiger partial charge in [-0.15, -0.1) is 22.7 Å². The highest BCUT2D eigenvalue weighted by molar-refractivity contribution is 7.16. The van der Waals surface area contributed by atoms with Crippen LogP contribution in [0.4, 0.5) is 18.3 Å². The molecule has 0 fully saturated rings. The largest absolute Gasteiger partial charge is 0.416 e. The van der Waals surface area contributed by atoms with Gasteiger partial charge in [0.15, 0.2) is 5.13 Å². The lowest BCUT2D eigenvalue weighted by molar-refractivity contribution is -0.137. The second-order valence-electron chi connectivity index (χ2n) is 4.94. The smallest absolute Gasteiger partial charge is 0.302 e. The van der Waals surface area contributed by atoms with Crippen LogP contribution in [0.3, 0.4) is 0 Å². The van der Waals surface area contributed by atoms with Crippen molar-refractivity contribution in [3.8, 4) is 10.6 Å². The summed E-state index contributed by atoms with van der Waals surface area (Å²) in [6.45, 7) is 0. The molecule has 8 heteroatoms. The van der Waals surface area contributed by atoms with Gasteiger partial charge >= 0.3 is 6.18 Å². The number of carbonyl (C=O) groups excluding carboxylic acids is 1. The van der Waals surface area contributed by atoms with Crippen molar-refractivity contribution >= 4 is 33.7 Å². The number of alkyl halides is 3. The molecule has 2 aromatic heterocycles. The molecule has 3 aromatic rings. The van der Waals surface area contributed by atoms with Gasteiger partial charge in [-0.3, -0.25) is 4.79 Å². The van der Waals surface area contributed by atoms with E-state index >= 15 is 0 Å². The summed E-state index contributed by atoms with van der Waals surface area (Å²) < 4.78 is 38.0. The van der Waals surface area contributed by atoms with E-state index in [2.05, 4.69) is 10.3 Å². The minimum Gasteiger partial charge on any atom is -0.302 e. The van der Waals surface area contributed by atoms with Crippen LogP contribution < -0.4 is 5.32 Å². The first kappa shape index (κ1) is 16.7. The van der Waals surface area contributed by atoms with Crippen LogP contribution in [0, 0.1) is 0 Å². The fourth-order valence-corrected chi connectivity index (χ4v) is 3.56. The highest BCUT2D eigenvalue weighted by Crippen LogP contribution is 2.30. The number of anilines is 1. The Balaban J connectivity index is 1.66. The Morgan fingerprint density at radius 3 is 2.71 bits per heavy atom. The van der Waals surface area contributed by atoms with Crippen LogP contribution in [0.2, 0.25) is 0 Å². The molecular weight excluding hydrogens is 357 g/mol. The highest BCUT2D eigenvalue weighted by atomic mass is 32.1. The second kappa shape index (κ2) is 6.74. The van der Waals surface area contributed by atoms with Gasteiger partial charge in [-0.1, -0.05) is 24.3 Å². The fraction of sp³-hybridized carbons (Fsp3) is 0.125. The first-order chi connectivity index (χ1) is 11.4. The third-order valence-electron chi connectivity index (χ3n) is 3.14. The zero-order valence-corrected chi connectivity index (χ0v) is 13.8. The first-order valence-corrected chi connectivity index (χ1v) is 8.63. The van der Waals surface area contributed by atoms with E-state index in [0.717, 1.165) is 22.7 Å². The van der Waals surface area contributed by atoms with Crippen molar-refractivity contribution in [1.82, 2.24) is 4.98 Å². The van der Waals surface area contributed by atoms with Gasteiger partial charge in [0.2, 0.25) is 5.91 Å². The third-order valence-corrected chi connectivity index (χ3v) is 4.79. The van der Waals surface area contributed by atoms with E-state index in [9.17, 15) is 18.0 Å². The van der Waals surface area contributed by atoms with Crippen LogP contribution in [-0.2, 0) is 17.4 Å². The SMILES string of the molecule is O=C(Cc1cccc(C(F)(F)F)c1)Nc1nc(-c2cccs2)cs1. The van der Waals surface area contributed by atoms with Crippen LogP contribution in [0.25, 0.3) is 10.6 Å². The van der Waals surface area contributed by atoms with E-state index in [1.54, 1.807) is 0 Å². The number of halogens is 3. The van der Waals surface area contributed by atoms with E-state index in [4.69, 9.17) is 0 Å². The van der Waals surface area contributed by atoms with Gasteiger partial charge in [0, 0.05) is 5.38 Å². The summed E-state index contributed by atoms with van der Waals surface area (Å²) >= 11 is 2.82. The van der Waals surface area contributed by atoms with Crippen molar-refractivity contribution in [3.05, 3.63) is 58.3 Å². The van der Waals surface area contributed by atoms with Crippen LogP contribution in [-0.4, -0.2) is 10.9 Å². The molecule has 124 valence electrons. The van der Waals surface area contributed by atoms with Crippen LogP contribution >= 0.6 is 22.7 Å². The molecule has 1 N–H and O–H groups in total. The topological polar surface area (TPSA) is 42.0 Å². The van der Waals surface area contributed by atoms with E-state index in [1.807, 2.05) is 22.9 Å². The molecule has 0 unspecified atom stereocenters. The van der Waals surface area contributed by atoms with Crippen molar-refractivity contribution in [1.29, 1.82) is 0 Å². The van der Waals surface area contributed by atoms with Gasteiger partial charge in [-0.25, -0.2) is 4.98 Å². The number of amides is 1. The molecule has 0 spiro atoms. The number of carbonyl (C=O) groups is 1. The van der Waals surface area contributed by atoms with E-state index in [-0.39, 0.29) is 6.42 Å². The molecule has 0 aliphatic carbocycles. The first-order valence-electron chi connectivity index (χ1n) is 6.87. The second-order valence-corrected chi connectivity index (χ2v) is 6.74. The fourth-order valence-electron chi connectivity index (χ4n) is 2.08. The Morgan fingerprint density at radius 2 is 2.00 bits per heavy atom. The molecule has 1 aromatic carbocycles. The molecule has 0 aliphatic heterocycles. The minimum atomic E-state index is -4.42. The van der Waals surface area contributed by atoms with Gasteiger partial charge in [0.05, 0.1) is 22.6 Å². The lowest BCUT2D eigenvalue weighted by Gasteiger charge is -2.08. The predicted molar refractivity (Wildman–Crippen MR) is 89.2 cm³/mol. The Hall–Kier alpha value is -2.19. The van der Waals surface area contributed by atoms with E-state index in [1.165, 1.54) is 34.8 Å². The molecule has 0 atom stereocenters. The number of thiophene rings is 1. The quantitative estimate of drug-likeness (QED) is 0.698. The standard InChI is InChI=1S/C16H11F3N2OS2/c17-16(18,19)11-4-1-3-10(7-11)8-14(22)21-15-20-12(9-24-15)13-5-2-6-23-13/h1-7,9H,8H2,(H,20,21,22). The molecule has 3 nitrogen and oxygen atoms in total. The van der Waals surface area contributed by atoms with Crippen LogP contribution in [0.15, 0.2) is 47.2 Å². The summed E-state index contributed by atoms with van der Waals surface area (Å²) in [6, 6.07) is 8.59. The maximum absolute atomic E-state index is 12.7. The van der Waals surface area contributed by atoms with Crippen molar-refractivity contribution in [2.75, 3.05) is 5.32 Å². The lowest BCUT2D eigenvalue weighted by Crippen LogP contribution is -2.15. The number of thiazole rings is 1. The lowest BCUT2D eigenvalue weighted by atomic mass is 10.1. The summed E-state index contributed by atoms with van der Waals surface area (Å²) in [7, 11) is 0. The van der Waals surface area contributed by atoms with Gasteiger partial charge in [0.1, 0.15) is 0 Å². The molecule has 0 saturated carbocycles. The Bertz CT molecular complexity index is 841. The number of hydrogen-bond acceptors (Lipinski definition) is 4. The Morgan fingerprint density at radius 1 is 1.17 bits per heavy atom. The van der Waals surface area contributed by atoms with Crippen molar-refractivity contribution in [2.24, 2.45) is 0 Å². The highest BCUT2D eigenvalue weighted by Gasteiger charge is 2.30. The molecular formula is C16H11F3N2OS2. The van der Waals surface area contributed by atoms with E-state index in [0.29, 0.717) is 10.7 Å². The summed E-state index contributed by atoms with van der Waals surface area (Å²) in [5.74, 6) is -0.401. The average Bonchev–Trinajstić information content (AvgIpc) is 3.17. The number of nitrogens with zero attached hydrogens (tertiary/aromatic N) is 1. The molecule has 0 saturated heterocycles. The van der Waals surface area contributed by atoms with Crippen molar-refractivity contribution < 1.29 is 18.0 Å². The maximum Gasteiger partial charge on any atom is 0.416 e. The van der Waals surface area contributed by atoms with Crippen LogP contribution in [0.1, 0.15) is 11.1 Å². The summed E-state index contributed by atoms with van der Waals surface area (Å²) in [5, 5.41) is 6.81. The average molecular weight is 368 g/mol. The monoisotopic (exact) mass is 368 g/mol. The van der Waals surface area contributed by atoms with Crippen molar-refractivity contribution in [3.63, 3.8) is 0 Å². The zero-order valence-electron chi connectivity index (χ0n) is 12.1. The number of aromatic nitrogens is 1. The zero-order chi connectivity index (χ0) is 17.2. The van der Waals surface area contributed by atoms with Crippen LogP contribution in [0.5, 0.6) is 0 Å². The maximum atomic E-state index is 12.7. The third kappa shape index (κ3) is 4.01.